The van der Waals surface area contributed by atoms with Gasteiger partial charge < -0.3 is 4.90 Å². The van der Waals surface area contributed by atoms with E-state index in [-0.39, 0.29) is 5.82 Å². The molecule has 0 radical (unpaired) electrons. The van der Waals surface area contributed by atoms with Crippen LogP contribution in [-0.4, -0.2) is 42.1 Å². The van der Waals surface area contributed by atoms with Gasteiger partial charge in [-0.15, -0.1) is 0 Å². The number of anilines is 1. The molecule has 2 aromatic rings. The van der Waals surface area contributed by atoms with E-state index < -0.39 is 0 Å². The second-order valence-corrected chi connectivity index (χ2v) is 6.04. The minimum atomic E-state index is -0.215. The molecule has 3 heterocycles. The van der Waals surface area contributed by atoms with E-state index in [0.717, 1.165) is 24.3 Å². The van der Waals surface area contributed by atoms with Crippen molar-refractivity contribution in [1.29, 1.82) is 0 Å². The first-order valence-electron chi connectivity index (χ1n) is 7.39. The molecule has 0 spiro atoms. The van der Waals surface area contributed by atoms with Gasteiger partial charge in [0.15, 0.2) is 0 Å². The first-order chi connectivity index (χ1) is 10.2. The lowest BCUT2D eigenvalue weighted by molar-refractivity contribution is 0.292. The Morgan fingerprint density at radius 1 is 1.05 bits per heavy atom. The number of pyridine rings is 1. The van der Waals surface area contributed by atoms with Crippen molar-refractivity contribution in [3.05, 3.63) is 48.4 Å². The monoisotopic (exact) mass is 283 g/mol. The number of likely N-dealkylation sites (tertiary alicyclic amines) is 1. The average molecular weight is 283 g/mol. The van der Waals surface area contributed by atoms with Crippen LogP contribution in [0.1, 0.15) is 6.42 Å². The Morgan fingerprint density at radius 2 is 1.86 bits per heavy atom. The quantitative estimate of drug-likeness (QED) is 0.845. The Kier molecular flexibility index (Phi) is 2.93. The molecule has 2 fully saturated rings. The second-order valence-electron chi connectivity index (χ2n) is 6.04. The lowest BCUT2D eigenvalue weighted by Crippen LogP contribution is -2.44. The highest BCUT2D eigenvalue weighted by Gasteiger charge is 2.41. The van der Waals surface area contributed by atoms with Crippen LogP contribution < -0.4 is 4.90 Å². The number of nitrogens with zero attached hydrogens (tertiary/aromatic N) is 3. The third-order valence-corrected chi connectivity index (χ3v) is 4.73. The van der Waals surface area contributed by atoms with Crippen molar-refractivity contribution in [3.8, 4) is 11.3 Å². The van der Waals surface area contributed by atoms with E-state index >= 15 is 0 Å². The molecular weight excluding hydrogens is 265 g/mol. The summed E-state index contributed by atoms with van der Waals surface area (Å²) in [6, 6.07) is 11.9. The predicted molar refractivity (Wildman–Crippen MR) is 81.8 cm³/mol. The van der Waals surface area contributed by atoms with Crippen molar-refractivity contribution in [2.45, 2.75) is 18.5 Å². The summed E-state index contributed by atoms with van der Waals surface area (Å²) in [6.07, 6.45) is 3.20. The third kappa shape index (κ3) is 2.20. The normalized spacial score (nSPS) is 24.8. The molecular formula is C17H18FN3. The molecule has 0 N–H and O–H groups in total. The molecule has 21 heavy (non-hydrogen) atoms. The molecule has 2 bridgehead atoms. The Bertz CT molecular complexity index is 636. The molecule has 2 aliphatic rings. The van der Waals surface area contributed by atoms with Crippen molar-refractivity contribution in [2.75, 3.05) is 25.0 Å². The van der Waals surface area contributed by atoms with Crippen LogP contribution in [0.15, 0.2) is 42.6 Å². The maximum Gasteiger partial charge on any atom is 0.123 e. The highest BCUT2D eigenvalue weighted by molar-refractivity contribution is 5.61. The summed E-state index contributed by atoms with van der Waals surface area (Å²) >= 11 is 0. The summed E-state index contributed by atoms with van der Waals surface area (Å²) in [6.45, 7) is 2.24. The van der Waals surface area contributed by atoms with E-state index in [4.69, 9.17) is 0 Å². The van der Waals surface area contributed by atoms with Crippen LogP contribution in [0.4, 0.5) is 10.1 Å². The van der Waals surface area contributed by atoms with Crippen LogP contribution >= 0.6 is 0 Å². The summed E-state index contributed by atoms with van der Waals surface area (Å²) in [5, 5.41) is 0. The maximum absolute atomic E-state index is 13.0. The molecule has 0 saturated carbocycles. The minimum absolute atomic E-state index is 0.215. The van der Waals surface area contributed by atoms with Gasteiger partial charge in [0.1, 0.15) is 5.82 Å². The van der Waals surface area contributed by atoms with Gasteiger partial charge in [0, 0.05) is 30.7 Å². The molecule has 1 aromatic carbocycles. The van der Waals surface area contributed by atoms with E-state index in [2.05, 4.69) is 27.9 Å². The van der Waals surface area contributed by atoms with Crippen LogP contribution in [0.2, 0.25) is 0 Å². The number of hydrogen-bond acceptors (Lipinski definition) is 3. The summed E-state index contributed by atoms with van der Waals surface area (Å²) in [5.41, 5.74) is 3.03. The number of halogens is 1. The number of likely N-dealkylation sites (N-methyl/N-ethyl adjacent to an activating group) is 1. The summed E-state index contributed by atoms with van der Waals surface area (Å²) in [5.74, 6) is -0.215. The molecule has 0 amide bonds. The zero-order valence-corrected chi connectivity index (χ0v) is 12.0. The number of benzene rings is 1. The largest absolute Gasteiger partial charge is 0.364 e. The van der Waals surface area contributed by atoms with Gasteiger partial charge in [-0.1, -0.05) is 0 Å². The number of rotatable bonds is 2. The Labute approximate surface area is 124 Å². The highest BCUT2D eigenvalue weighted by atomic mass is 19.1. The standard InChI is InChI=1S/C17H18FN3/c1-20-10-16-8-15(20)11-21(16)14-6-7-17(19-9-14)12-2-4-13(18)5-3-12/h2-7,9,15-16H,8,10-11H2,1H3. The zero-order chi connectivity index (χ0) is 14.4. The van der Waals surface area contributed by atoms with Crippen molar-refractivity contribution >= 4 is 5.69 Å². The van der Waals surface area contributed by atoms with Gasteiger partial charge in [0.25, 0.3) is 0 Å². The van der Waals surface area contributed by atoms with Crippen LogP contribution in [0.3, 0.4) is 0 Å². The average Bonchev–Trinajstić information content (AvgIpc) is 3.07. The van der Waals surface area contributed by atoms with E-state index in [1.807, 2.05) is 12.3 Å². The summed E-state index contributed by atoms with van der Waals surface area (Å²) in [7, 11) is 2.21. The van der Waals surface area contributed by atoms with Crippen LogP contribution in [0.25, 0.3) is 11.3 Å². The Balaban J connectivity index is 1.56. The van der Waals surface area contributed by atoms with Crippen LogP contribution in [-0.2, 0) is 0 Å². The van der Waals surface area contributed by atoms with Gasteiger partial charge in [-0.2, -0.15) is 0 Å². The lowest BCUT2D eigenvalue weighted by Gasteiger charge is -2.33. The Hall–Kier alpha value is -1.94. The van der Waals surface area contributed by atoms with E-state index in [0.29, 0.717) is 12.1 Å². The molecule has 2 saturated heterocycles. The van der Waals surface area contributed by atoms with E-state index in [9.17, 15) is 4.39 Å². The van der Waals surface area contributed by atoms with Gasteiger partial charge >= 0.3 is 0 Å². The second kappa shape index (κ2) is 4.81. The van der Waals surface area contributed by atoms with Gasteiger partial charge in [-0.05, 0) is 49.9 Å². The maximum atomic E-state index is 13.0. The Morgan fingerprint density at radius 3 is 2.43 bits per heavy atom. The van der Waals surface area contributed by atoms with Gasteiger partial charge in [-0.25, -0.2) is 4.39 Å². The molecule has 4 rings (SSSR count). The van der Waals surface area contributed by atoms with Gasteiger partial charge in [-0.3, -0.25) is 9.88 Å². The van der Waals surface area contributed by atoms with Crippen LogP contribution in [0.5, 0.6) is 0 Å². The van der Waals surface area contributed by atoms with Crippen molar-refractivity contribution in [2.24, 2.45) is 0 Å². The molecule has 3 nitrogen and oxygen atoms in total. The molecule has 4 heteroatoms. The molecule has 108 valence electrons. The first kappa shape index (κ1) is 12.8. The molecule has 2 unspecified atom stereocenters. The van der Waals surface area contributed by atoms with E-state index in [1.165, 1.54) is 24.2 Å². The van der Waals surface area contributed by atoms with E-state index in [1.54, 1.807) is 12.1 Å². The SMILES string of the molecule is CN1CC2CC1CN2c1ccc(-c2ccc(F)cc2)nc1. The fourth-order valence-corrected chi connectivity index (χ4v) is 3.53. The fraction of sp³-hybridized carbons (Fsp3) is 0.353. The molecule has 1 aromatic heterocycles. The molecule has 2 aliphatic heterocycles. The summed E-state index contributed by atoms with van der Waals surface area (Å²) < 4.78 is 13.0. The van der Waals surface area contributed by atoms with Gasteiger partial charge in [0.2, 0.25) is 0 Å². The summed E-state index contributed by atoms with van der Waals surface area (Å²) in [4.78, 5) is 9.46. The topological polar surface area (TPSA) is 19.4 Å². The number of hydrogen-bond donors (Lipinski definition) is 0. The number of fused-ring (bicyclic) bond motifs is 2. The van der Waals surface area contributed by atoms with Crippen molar-refractivity contribution in [1.82, 2.24) is 9.88 Å². The van der Waals surface area contributed by atoms with Crippen molar-refractivity contribution < 1.29 is 4.39 Å². The predicted octanol–water partition coefficient (Wildman–Crippen LogP) is 2.78. The third-order valence-electron chi connectivity index (χ3n) is 4.73. The first-order valence-corrected chi connectivity index (χ1v) is 7.39. The molecule has 2 atom stereocenters. The number of piperazine rings is 1. The zero-order valence-electron chi connectivity index (χ0n) is 12.0. The highest BCUT2D eigenvalue weighted by Crippen LogP contribution is 2.33. The number of aromatic nitrogens is 1. The minimum Gasteiger partial charge on any atom is -0.364 e. The van der Waals surface area contributed by atoms with Gasteiger partial charge in [0.05, 0.1) is 17.6 Å². The van der Waals surface area contributed by atoms with Crippen LogP contribution in [0, 0.1) is 5.82 Å². The smallest absolute Gasteiger partial charge is 0.123 e. The van der Waals surface area contributed by atoms with Crippen molar-refractivity contribution in [3.63, 3.8) is 0 Å². The fourth-order valence-electron chi connectivity index (χ4n) is 3.53. The molecule has 0 aliphatic carbocycles. The lowest BCUT2D eigenvalue weighted by atomic mass is 10.1.